The second kappa shape index (κ2) is 5.52. The summed E-state index contributed by atoms with van der Waals surface area (Å²) >= 11 is 0. The standard InChI is InChI=1S/C11H15N3O4/c15-10(16)9-3-1-2-5-14(9)11(17)12-7-8-4-6-18-13-8/h4,6,9H,1-3,5,7H2,(H,12,17)(H,15,16). The predicted molar refractivity (Wildman–Crippen MR) is 60.7 cm³/mol. The van der Waals surface area contributed by atoms with Gasteiger partial charge >= 0.3 is 12.0 Å². The van der Waals surface area contributed by atoms with Gasteiger partial charge in [0.15, 0.2) is 0 Å². The zero-order chi connectivity index (χ0) is 13.0. The van der Waals surface area contributed by atoms with E-state index in [1.165, 1.54) is 11.2 Å². The monoisotopic (exact) mass is 253 g/mol. The van der Waals surface area contributed by atoms with Gasteiger partial charge in [0.1, 0.15) is 18.0 Å². The normalized spacial score (nSPS) is 19.6. The van der Waals surface area contributed by atoms with Gasteiger partial charge in [0.2, 0.25) is 0 Å². The van der Waals surface area contributed by atoms with Crippen molar-refractivity contribution in [2.24, 2.45) is 0 Å². The lowest BCUT2D eigenvalue weighted by Gasteiger charge is -2.32. The van der Waals surface area contributed by atoms with Crippen molar-refractivity contribution in [2.75, 3.05) is 6.54 Å². The number of likely N-dealkylation sites (tertiary alicyclic amines) is 1. The number of carboxylic acid groups (broad SMARTS) is 1. The lowest BCUT2D eigenvalue weighted by atomic mass is 10.0. The van der Waals surface area contributed by atoms with Crippen molar-refractivity contribution in [1.29, 1.82) is 0 Å². The average Bonchev–Trinajstić information content (AvgIpc) is 2.89. The molecule has 98 valence electrons. The number of carbonyl (C=O) groups excluding carboxylic acids is 1. The van der Waals surface area contributed by atoms with E-state index in [0.717, 1.165) is 12.8 Å². The Bertz CT molecular complexity index is 418. The van der Waals surface area contributed by atoms with Crippen molar-refractivity contribution < 1.29 is 19.2 Å². The van der Waals surface area contributed by atoms with Gasteiger partial charge in [-0.25, -0.2) is 9.59 Å². The minimum Gasteiger partial charge on any atom is -0.480 e. The van der Waals surface area contributed by atoms with E-state index >= 15 is 0 Å². The number of hydrogen-bond acceptors (Lipinski definition) is 4. The Hall–Kier alpha value is -2.05. The summed E-state index contributed by atoms with van der Waals surface area (Å²) in [4.78, 5) is 24.3. The van der Waals surface area contributed by atoms with Crippen LogP contribution < -0.4 is 5.32 Å². The Morgan fingerprint density at radius 1 is 1.56 bits per heavy atom. The number of carbonyl (C=O) groups is 2. The van der Waals surface area contributed by atoms with E-state index in [1.807, 2.05) is 0 Å². The maximum Gasteiger partial charge on any atom is 0.326 e. The number of piperidine rings is 1. The molecular weight excluding hydrogens is 238 g/mol. The van der Waals surface area contributed by atoms with Gasteiger partial charge < -0.3 is 19.8 Å². The lowest BCUT2D eigenvalue weighted by Crippen LogP contribution is -2.51. The smallest absolute Gasteiger partial charge is 0.326 e. The van der Waals surface area contributed by atoms with E-state index < -0.39 is 12.0 Å². The minimum atomic E-state index is -0.953. The molecule has 1 unspecified atom stereocenters. The molecule has 0 spiro atoms. The molecule has 2 amide bonds. The zero-order valence-corrected chi connectivity index (χ0v) is 9.83. The summed E-state index contributed by atoms with van der Waals surface area (Å²) in [7, 11) is 0. The van der Waals surface area contributed by atoms with Gasteiger partial charge in [-0.2, -0.15) is 0 Å². The highest BCUT2D eigenvalue weighted by Crippen LogP contribution is 2.17. The first-order valence-electron chi connectivity index (χ1n) is 5.85. The molecule has 2 rings (SSSR count). The van der Waals surface area contributed by atoms with Crippen molar-refractivity contribution in [3.05, 3.63) is 18.0 Å². The second-order valence-electron chi connectivity index (χ2n) is 4.19. The third-order valence-corrected chi connectivity index (χ3v) is 2.96. The molecule has 1 atom stereocenters. The molecule has 0 bridgehead atoms. The molecular formula is C11H15N3O4. The SMILES string of the molecule is O=C(O)C1CCCCN1C(=O)NCc1ccon1. The molecule has 0 radical (unpaired) electrons. The molecule has 1 aliphatic rings. The molecule has 0 aliphatic carbocycles. The van der Waals surface area contributed by atoms with Crippen LogP contribution in [0.25, 0.3) is 0 Å². The Balaban J connectivity index is 1.92. The molecule has 18 heavy (non-hydrogen) atoms. The Labute approximate surface area is 104 Å². The van der Waals surface area contributed by atoms with Gasteiger partial charge in [0.25, 0.3) is 0 Å². The van der Waals surface area contributed by atoms with Gasteiger partial charge in [0, 0.05) is 12.6 Å². The first kappa shape index (κ1) is 12.4. The third-order valence-electron chi connectivity index (χ3n) is 2.96. The number of carboxylic acids is 1. The minimum absolute atomic E-state index is 0.234. The van der Waals surface area contributed by atoms with Crippen molar-refractivity contribution in [2.45, 2.75) is 31.8 Å². The average molecular weight is 253 g/mol. The lowest BCUT2D eigenvalue weighted by molar-refractivity contribution is -0.143. The largest absolute Gasteiger partial charge is 0.480 e. The van der Waals surface area contributed by atoms with Crippen LogP contribution in [-0.2, 0) is 11.3 Å². The van der Waals surface area contributed by atoms with E-state index in [9.17, 15) is 9.59 Å². The van der Waals surface area contributed by atoms with Crippen LogP contribution in [0.2, 0.25) is 0 Å². The maximum atomic E-state index is 11.9. The first-order valence-corrected chi connectivity index (χ1v) is 5.85. The number of nitrogens with one attached hydrogen (secondary N) is 1. The van der Waals surface area contributed by atoms with Crippen LogP contribution >= 0.6 is 0 Å². The van der Waals surface area contributed by atoms with Crippen molar-refractivity contribution >= 4 is 12.0 Å². The number of aromatic nitrogens is 1. The predicted octanol–water partition coefficient (Wildman–Crippen LogP) is 0.823. The van der Waals surface area contributed by atoms with Crippen LogP contribution in [0.15, 0.2) is 16.9 Å². The van der Waals surface area contributed by atoms with E-state index in [-0.39, 0.29) is 12.6 Å². The highest BCUT2D eigenvalue weighted by molar-refractivity contribution is 5.82. The number of urea groups is 1. The summed E-state index contributed by atoms with van der Waals surface area (Å²) in [5, 5.41) is 15.4. The topological polar surface area (TPSA) is 95.7 Å². The summed E-state index contributed by atoms with van der Waals surface area (Å²) in [6, 6.07) is 0.548. The molecule has 0 saturated carbocycles. The van der Waals surface area contributed by atoms with Gasteiger partial charge in [-0.05, 0) is 19.3 Å². The Morgan fingerprint density at radius 3 is 3.06 bits per heavy atom. The summed E-state index contributed by atoms with van der Waals surface area (Å²) in [6.07, 6.45) is 3.60. The number of rotatable bonds is 3. The molecule has 7 heteroatoms. The highest BCUT2D eigenvalue weighted by atomic mass is 16.5. The van der Waals surface area contributed by atoms with Gasteiger partial charge in [0.05, 0.1) is 6.54 Å². The number of aliphatic carboxylic acids is 1. The van der Waals surface area contributed by atoms with Crippen molar-refractivity contribution in [3.63, 3.8) is 0 Å². The molecule has 1 aromatic rings. The number of nitrogens with zero attached hydrogens (tertiary/aromatic N) is 2. The Morgan fingerprint density at radius 2 is 2.39 bits per heavy atom. The molecule has 1 saturated heterocycles. The molecule has 2 heterocycles. The van der Waals surface area contributed by atoms with E-state index in [1.54, 1.807) is 6.07 Å². The maximum absolute atomic E-state index is 11.9. The molecule has 7 nitrogen and oxygen atoms in total. The molecule has 1 aromatic heterocycles. The second-order valence-corrected chi connectivity index (χ2v) is 4.19. The van der Waals surface area contributed by atoms with Crippen LogP contribution in [0.5, 0.6) is 0 Å². The van der Waals surface area contributed by atoms with Crippen LogP contribution in [-0.4, -0.2) is 39.8 Å². The first-order chi connectivity index (χ1) is 8.68. The van der Waals surface area contributed by atoms with Crippen LogP contribution in [0.1, 0.15) is 25.0 Å². The van der Waals surface area contributed by atoms with Gasteiger partial charge in [-0.1, -0.05) is 5.16 Å². The number of hydrogen-bond donors (Lipinski definition) is 2. The van der Waals surface area contributed by atoms with Crippen LogP contribution in [0, 0.1) is 0 Å². The third kappa shape index (κ3) is 2.79. The van der Waals surface area contributed by atoms with Crippen molar-refractivity contribution in [3.8, 4) is 0 Å². The van der Waals surface area contributed by atoms with E-state index in [2.05, 4.69) is 15.0 Å². The van der Waals surface area contributed by atoms with Crippen LogP contribution in [0.3, 0.4) is 0 Å². The summed E-state index contributed by atoms with van der Waals surface area (Å²) in [5.74, 6) is -0.953. The highest BCUT2D eigenvalue weighted by Gasteiger charge is 2.31. The zero-order valence-electron chi connectivity index (χ0n) is 9.83. The molecule has 0 aromatic carbocycles. The van der Waals surface area contributed by atoms with Gasteiger partial charge in [-0.15, -0.1) is 0 Å². The fraction of sp³-hybridized carbons (Fsp3) is 0.545. The molecule has 2 N–H and O–H groups in total. The summed E-state index contributed by atoms with van der Waals surface area (Å²) in [5.41, 5.74) is 0.604. The van der Waals surface area contributed by atoms with E-state index in [4.69, 9.17) is 5.11 Å². The number of amides is 2. The summed E-state index contributed by atoms with van der Waals surface area (Å²) in [6.45, 7) is 0.708. The van der Waals surface area contributed by atoms with Crippen LogP contribution in [0.4, 0.5) is 4.79 Å². The van der Waals surface area contributed by atoms with E-state index in [0.29, 0.717) is 18.7 Å². The Kier molecular flexibility index (Phi) is 3.81. The van der Waals surface area contributed by atoms with Gasteiger partial charge in [-0.3, -0.25) is 0 Å². The van der Waals surface area contributed by atoms with Crippen molar-refractivity contribution in [1.82, 2.24) is 15.4 Å². The summed E-state index contributed by atoms with van der Waals surface area (Å²) < 4.78 is 4.64. The fourth-order valence-corrected chi connectivity index (χ4v) is 2.03. The molecule has 1 aliphatic heterocycles. The molecule has 1 fully saturated rings. The quantitative estimate of drug-likeness (QED) is 0.831. The fourth-order valence-electron chi connectivity index (χ4n) is 2.03.